The van der Waals surface area contributed by atoms with Gasteiger partial charge in [0.05, 0.1) is 0 Å². The molecule has 0 aliphatic heterocycles. The van der Waals surface area contributed by atoms with Crippen molar-refractivity contribution in [3.63, 3.8) is 0 Å². The molecule has 3 rings (SSSR count). The molecule has 3 aromatic rings. The van der Waals surface area contributed by atoms with E-state index in [0.29, 0.717) is 0 Å². The number of hydrogen-bond acceptors (Lipinski definition) is 6. The van der Waals surface area contributed by atoms with Crippen LogP contribution in [0.4, 0.5) is 19.0 Å². The number of nitrogens with zero attached hydrogens (tertiary/aromatic N) is 4. The Hall–Kier alpha value is -2.97. The van der Waals surface area contributed by atoms with Crippen LogP contribution in [0.1, 0.15) is 0 Å². The summed E-state index contributed by atoms with van der Waals surface area (Å²) in [7, 11) is 0. The quantitative estimate of drug-likeness (QED) is 0.728. The van der Waals surface area contributed by atoms with Gasteiger partial charge in [0, 0.05) is 18.0 Å². The molecule has 2 heterocycles. The van der Waals surface area contributed by atoms with Gasteiger partial charge in [-0.3, -0.25) is 0 Å². The standard InChI is InChI=1S/C12H6F3N5O/c13-6-3-5(4-7(14)8(6)15)11-19-12(21-20-11)9-10(16)18-2-1-17-9/h1-4H,(H2,16,18). The molecule has 0 saturated heterocycles. The van der Waals surface area contributed by atoms with Crippen molar-refractivity contribution >= 4 is 5.82 Å². The molecule has 0 aliphatic carbocycles. The second-order valence-electron chi connectivity index (χ2n) is 3.97. The fourth-order valence-electron chi connectivity index (χ4n) is 1.64. The number of nitrogen functional groups attached to an aromatic ring is 1. The minimum atomic E-state index is -1.57. The topological polar surface area (TPSA) is 90.7 Å². The second-order valence-corrected chi connectivity index (χ2v) is 3.97. The molecule has 2 N–H and O–H groups in total. The van der Waals surface area contributed by atoms with Gasteiger partial charge in [0.25, 0.3) is 5.89 Å². The summed E-state index contributed by atoms with van der Waals surface area (Å²) in [6, 6.07) is 1.51. The van der Waals surface area contributed by atoms with Crippen LogP contribution in [-0.2, 0) is 0 Å². The van der Waals surface area contributed by atoms with Gasteiger partial charge in [0.1, 0.15) is 0 Å². The van der Waals surface area contributed by atoms with E-state index in [1.165, 1.54) is 12.4 Å². The molecule has 6 nitrogen and oxygen atoms in total. The summed E-state index contributed by atoms with van der Waals surface area (Å²) in [5.41, 5.74) is 5.66. The van der Waals surface area contributed by atoms with E-state index in [1.807, 2.05) is 0 Å². The first kappa shape index (κ1) is 13.0. The predicted molar refractivity (Wildman–Crippen MR) is 65.0 cm³/mol. The van der Waals surface area contributed by atoms with Crippen LogP contribution >= 0.6 is 0 Å². The first-order valence-electron chi connectivity index (χ1n) is 5.61. The van der Waals surface area contributed by atoms with Crippen LogP contribution in [0.3, 0.4) is 0 Å². The molecule has 0 bridgehead atoms. The summed E-state index contributed by atoms with van der Waals surface area (Å²) in [5, 5.41) is 3.55. The zero-order chi connectivity index (χ0) is 15.0. The van der Waals surface area contributed by atoms with Gasteiger partial charge in [-0.2, -0.15) is 4.98 Å². The average molecular weight is 293 g/mol. The molecule has 0 aliphatic rings. The molecule has 0 unspecified atom stereocenters. The van der Waals surface area contributed by atoms with Crippen LogP contribution in [0.5, 0.6) is 0 Å². The summed E-state index contributed by atoms with van der Waals surface area (Å²) in [5.74, 6) is -4.41. The van der Waals surface area contributed by atoms with E-state index in [4.69, 9.17) is 10.3 Å². The second kappa shape index (κ2) is 4.85. The zero-order valence-corrected chi connectivity index (χ0v) is 10.2. The minimum Gasteiger partial charge on any atom is -0.382 e. The average Bonchev–Trinajstić information content (AvgIpc) is 2.94. The third-order valence-electron chi connectivity index (χ3n) is 2.60. The zero-order valence-electron chi connectivity index (χ0n) is 10.2. The lowest BCUT2D eigenvalue weighted by Gasteiger charge is -1.98. The molecule has 0 spiro atoms. The van der Waals surface area contributed by atoms with Gasteiger partial charge in [-0.25, -0.2) is 23.1 Å². The summed E-state index contributed by atoms with van der Waals surface area (Å²) in [6.45, 7) is 0. The molecule has 0 saturated carbocycles. The molecule has 0 amide bonds. The Balaban J connectivity index is 2.05. The molecule has 1 aromatic carbocycles. The van der Waals surface area contributed by atoms with Crippen LogP contribution in [0.15, 0.2) is 29.0 Å². The fraction of sp³-hybridized carbons (Fsp3) is 0. The third-order valence-corrected chi connectivity index (χ3v) is 2.60. The van der Waals surface area contributed by atoms with E-state index in [2.05, 4.69) is 20.1 Å². The number of hydrogen-bond donors (Lipinski definition) is 1. The first-order valence-corrected chi connectivity index (χ1v) is 5.61. The normalized spacial score (nSPS) is 10.8. The van der Waals surface area contributed by atoms with Crippen molar-refractivity contribution in [2.24, 2.45) is 0 Å². The van der Waals surface area contributed by atoms with Crippen LogP contribution < -0.4 is 5.73 Å². The van der Waals surface area contributed by atoms with Gasteiger partial charge in [-0.05, 0) is 12.1 Å². The summed E-state index contributed by atoms with van der Waals surface area (Å²) < 4.78 is 44.2. The van der Waals surface area contributed by atoms with Gasteiger partial charge in [-0.15, -0.1) is 0 Å². The molecule has 0 fully saturated rings. The molecular formula is C12H6F3N5O. The van der Waals surface area contributed by atoms with E-state index in [0.717, 1.165) is 12.1 Å². The highest BCUT2D eigenvalue weighted by atomic mass is 19.2. The number of nitrogens with two attached hydrogens (primary N) is 1. The van der Waals surface area contributed by atoms with E-state index in [1.54, 1.807) is 0 Å². The molecule has 0 atom stereocenters. The lowest BCUT2D eigenvalue weighted by Crippen LogP contribution is -1.96. The van der Waals surface area contributed by atoms with Crippen molar-refractivity contribution < 1.29 is 17.7 Å². The van der Waals surface area contributed by atoms with Crippen molar-refractivity contribution in [1.82, 2.24) is 20.1 Å². The van der Waals surface area contributed by atoms with Gasteiger partial charge < -0.3 is 10.3 Å². The van der Waals surface area contributed by atoms with Gasteiger partial charge in [-0.1, -0.05) is 5.16 Å². The smallest absolute Gasteiger partial charge is 0.280 e. The largest absolute Gasteiger partial charge is 0.382 e. The Morgan fingerprint density at radius 1 is 1.00 bits per heavy atom. The Labute approximate surface area is 115 Å². The van der Waals surface area contributed by atoms with E-state index < -0.39 is 17.5 Å². The molecule has 9 heteroatoms. The van der Waals surface area contributed by atoms with Crippen LogP contribution in [0, 0.1) is 17.5 Å². The lowest BCUT2D eigenvalue weighted by atomic mass is 10.2. The molecule has 21 heavy (non-hydrogen) atoms. The highest BCUT2D eigenvalue weighted by Gasteiger charge is 2.18. The summed E-state index contributed by atoms with van der Waals surface area (Å²) in [6.07, 6.45) is 2.74. The van der Waals surface area contributed by atoms with Crippen LogP contribution in [-0.4, -0.2) is 20.1 Å². The SMILES string of the molecule is Nc1nccnc1-c1nc(-c2cc(F)c(F)c(F)c2)no1. The number of aromatic nitrogens is 4. The van der Waals surface area contributed by atoms with Gasteiger partial charge >= 0.3 is 0 Å². The van der Waals surface area contributed by atoms with E-state index >= 15 is 0 Å². The van der Waals surface area contributed by atoms with Crippen LogP contribution in [0.25, 0.3) is 23.0 Å². The van der Waals surface area contributed by atoms with Gasteiger partial charge in [0.15, 0.2) is 29.0 Å². The molecule has 2 aromatic heterocycles. The van der Waals surface area contributed by atoms with Crippen molar-refractivity contribution in [1.29, 1.82) is 0 Å². The van der Waals surface area contributed by atoms with Gasteiger partial charge in [0.2, 0.25) is 5.82 Å². The Morgan fingerprint density at radius 3 is 2.33 bits per heavy atom. The highest BCUT2D eigenvalue weighted by Crippen LogP contribution is 2.25. The van der Waals surface area contributed by atoms with Crippen molar-refractivity contribution in [2.75, 3.05) is 5.73 Å². The maximum atomic E-state index is 13.2. The summed E-state index contributed by atoms with van der Waals surface area (Å²) in [4.78, 5) is 11.6. The Kier molecular flexibility index (Phi) is 3.01. The molecular weight excluding hydrogens is 287 g/mol. The predicted octanol–water partition coefficient (Wildman–Crippen LogP) is 2.19. The highest BCUT2D eigenvalue weighted by molar-refractivity contribution is 5.64. The third kappa shape index (κ3) is 2.29. The maximum Gasteiger partial charge on any atom is 0.280 e. The van der Waals surface area contributed by atoms with Crippen molar-refractivity contribution in [2.45, 2.75) is 0 Å². The van der Waals surface area contributed by atoms with Crippen molar-refractivity contribution in [3.05, 3.63) is 42.0 Å². The number of halogens is 3. The monoisotopic (exact) mass is 293 g/mol. The number of rotatable bonds is 2. The number of benzene rings is 1. The maximum absolute atomic E-state index is 13.2. The Bertz CT molecular complexity index is 797. The minimum absolute atomic E-state index is 0.0594. The van der Waals surface area contributed by atoms with E-state index in [-0.39, 0.29) is 28.8 Å². The van der Waals surface area contributed by atoms with Crippen LogP contribution in [0.2, 0.25) is 0 Å². The molecule has 106 valence electrons. The molecule has 0 radical (unpaired) electrons. The van der Waals surface area contributed by atoms with E-state index in [9.17, 15) is 13.2 Å². The Morgan fingerprint density at radius 2 is 1.67 bits per heavy atom. The lowest BCUT2D eigenvalue weighted by molar-refractivity contribution is 0.430. The van der Waals surface area contributed by atoms with Crippen molar-refractivity contribution in [3.8, 4) is 23.0 Å². The number of anilines is 1. The summed E-state index contributed by atoms with van der Waals surface area (Å²) >= 11 is 0. The fourth-order valence-corrected chi connectivity index (χ4v) is 1.64. The first-order chi connectivity index (χ1) is 10.1.